The van der Waals surface area contributed by atoms with Gasteiger partial charge in [0, 0.05) is 0 Å². The lowest BCUT2D eigenvalue weighted by Gasteiger charge is -2.06. The Morgan fingerprint density at radius 1 is 1.86 bits per heavy atom. The topological polar surface area (TPSA) is 57.5 Å². The van der Waals surface area contributed by atoms with Gasteiger partial charge in [0.1, 0.15) is 0 Å². The Labute approximate surface area is 46.4 Å². The van der Waals surface area contributed by atoms with Gasteiger partial charge in [-0.25, -0.2) is 4.79 Å². The van der Waals surface area contributed by atoms with Crippen molar-refractivity contribution in [2.24, 2.45) is 0 Å². The molecule has 3 nitrogen and oxygen atoms in total. The fourth-order valence-corrected chi connectivity index (χ4v) is 0. The molecule has 0 aliphatic rings. The molecule has 0 aliphatic carbocycles. The maximum Gasteiger partial charge on any atom is 0.345 e. The van der Waals surface area contributed by atoms with E-state index in [1.807, 2.05) is 0 Å². The largest absolute Gasteiger partial charge is 0.478 e. The van der Waals surface area contributed by atoms with Gasteiger partial charge in [0.15, 0.2) is 0 Å². The molecule has 4 heteroatoms. The van der Waals surface area contributed by atoms with Gasteiger partial charge in [-0.2, -0.15) is 0 Å². The van der Waals surface area contributed by atoms with Crippen LogP contribution in [0, 0.1) is 0 Å². The van der Waals surface area contributed by atoms with Crippen molar-refractivity contribution in [1.82, 2.24) is 0 Å². The first kappa shape index (κ1) is 6.78. The maximum atomic E-state index is 9.69. The van der Waals surface area contributed by atoms with Gasteiger partial charge in [0.05, 0.1) is 0 Å². The third-order valence-corrected chi connectivity index (χ3v) is 0.596. The normalized spacial score (nSPS) is 18.1. The molecule has 0 amide bonds. The Balaban J connectivity index is 3.79. The van der Waals surface area contributed by atoms with Crippen LogP contribution in [0.2, 0.25) is 0 Å². The summed E-state index contributed by atoms with van der Waals surface area (Å²) < 4.78 is 0. The van der Waals surface area contributed by atoms with Crippen LogP contribution in [0.3, 0.4) is 0 Å². The quantitative estimate of drug-likeness (QED) is 0.331. The Morgan fingerprint density at radius 3 is 2.00 bits per heavy atom. The van der Waals surface area contributed by atoms with Crippen LogP contribution in [0.25, 0.3) is 0 Å². The molecule has 0 aliphatic heterocycles. The zero-order valence-corrected chi connectivity index (χ0v) is 4.64. The summed E-state index contributed by atoms with van der Waals surface area (Å²) in [7, 11) is 0. The van der Waals surface area contributed by atoms with Crippen LogP contribution < -0.4 is 0 Å². The first-order valence-electron chi connectivity index (χ1n) is 1.62. The van der Waals surface area contributed by atoms with E-state index in [1.165, 1.54) is 0 Å². The van der Waals surface area contributed by atoms with Gasteiger partial charge in [0.2, 0.25) is 4.93 Å². The first-order valence-corrected chi connectivity index (χ1v) is 2.07. The van der Waals surface area contributed by atoms with E-state index < -0.39 is 10.9 Å². The lowest BCUT2D eigenvalue weighted by atomic mass is 10.4. The summed E-state index contributed by atoms with van der Waals surface area (Å²) in [5.74, 6) is -1.34. The summed E-state index contributed by atoms with van der Waals surface area (Å²) >= 11 is 3.31. The summed E-state index contributed by atoms with van der Waals surface area (Å²) in [5, 5.41) is 16.3. The van der Waals surface area contributed by atoms with Crippen molar-refractivity contribution in [3.8, 4) is 0 Å². The molecule has 0 aromatic rings. The van der Waals surface area contributed by atoms with Gasteiger partial charge < -0.3 is 10.2 Å². The van der Waals surface area contributed by atoms with Crippen molar-refractivity contribution in [3.05, 3.63) is 0 Å². The minimum Gasteiger partial charge on any atom is -0.478 e. The Morgan fingerprint density at radius 2 is 2.00 bits per heavy atom. The molecular formula is C3H6O3S. The number of hydrogen-bond acceptors (Lipinski definition) is 3. The number of aliphatic hydroxyl groups is 1. The lowest BCUT2D eigenvalue weighted by molar-refractivity contribution is -0.148. The second kappa shape index (κ2) is 1.71. The van der Waals surface area contributed by atoms with E-state index in [4.69, 9.17) is 10.2 Å². The van der Waals surface area contributed by atoms with Gasteiger partial charge in [-0.1, -0.05) is 0 Å². The van der Waals surface area contributed by atoms with E-state index >= 15 is 0 Å². The molecular weight excluding hydrogens is 116 g/mol. The van der Waals surface area contributed by atoms with E-state index in [1.54, 1.807) is 0 Å². The molecule has 0 fully saturated rings. The van der Waals surface area contributed by atoms with Crippen LogP contribution in [0.1, 0.15) is 6.92 Å². The molecule has 0 spiro atoms. The zero-order chi connectivity index (χ0) is 6.08. The fourth-order valence-electron chi connectivity index (χ4n) is 0. The molecule has 0 bridgehead atoms. The molecule has 0 radical (unpaired) electrons. The van der Waals surface area contributed by atoms with Crippen LogP contribution in [0.15, 0.2) is 0 Å². The molecule has 0 heterocycles. The van der Waals surface area contributed by atoms with Gasteiger partial charge in [0.25, 0.3) is 0 Å². The number of thiol groups is 1. The maximum absolute atomic E-state index is 9.69. The highest BCUT2D eigenvalue weighted by Gasteiger charge is 2.23. The van der Waals surface area contributed by atoms with Crippen molar-refractivity contribution in [1.29, 1.82) is 0 Å². The molecule has 0 saturated carbocycles. The van der Waals surface area contributed by atoms with Crippen molar-refractivity contribution >= 4 is 18.6 Å². The van der Waals surface area contributed by atoms with Gasteiger partial charge in [-0.3, -0.25) is 0 Å². The minimum absolute atomic E-state index is 1.08. The first-order chi connectivity index (χ1) is 2.94. The number of aliphatic carboxylic acids is 1. The fraction of sp³-hybridized carbons (Fsp3) is 0.667. The predicted molar refractivity (Wildman–Crippen MR) is 27.2 cm³/mol. The number of carboxylic acid groups (broad SMARTS) is 1. The van der Waals surface area contributed by atoms with E-state index in [2.05, 4.69) is 12.6 Å². The highest BCUT2D eigenvalue weighted by molar-refractivity contribution is 7.82. The third kappa shape index (κ3) is 2.47. The molecule has 0 aromatic carbocycles. The summed E-state index contributed by atoms with van der Waals surface area (Å²) in [5.41, 5.74) is 0. The zero-order valence-electron chi connectivity index (χ0n) is 3.75. The van der Waals surface area contributed by atoms with Crippen molar-refractivity contribution in [2.45, 2.75) is 11.9 Å². The Hall–Kier alpha value is -0.220. The molecule has 0 unspecified atom stereocenters. The van der Waals surface area contributed by atoms with Crippen molar-refractivity contribution in [2.75, 3.05) is 0 Å². The average molecular weight is 122 g/mol. The molecule has 0 saturated heterocycles. The summed E-state index contributed by atoms with van der Waals surface area (Å²) in [6.45, 7) is 1.08. The molecule has 2 N–H and O–H groups in total. The van der Waals surface area contributed by atoms with Crippen LogP contribution in [-0.2, 0) is 4.79 Å². The number of carboxylic acids is 1. The smallest absolute Gasteiger partial charge is 0.345 e. The summed E-state index contributed by atoms with van der Waals surface area (Å²) in [6.07, 6.45) is 0. The summed E-state index contributed by atoms with van der Waals surface area (Å²) in [4.78, 5) is 7.81. The summed E-state index contributed by atoms with van der Waals surface area (Å²) in [6, 6.07) is 0. The monoisotopic (exact) mass is 122 g/mol. The van der Waals surface area contributed by atoms with E-state index in [0.29, 0.717) is 0 Å². The number of rotatable bonds is 1. The van der Waals surface area contributed by atoms with Crippen LogP contribution in [0.5, 0.6) is 0 Å². The highest BCUT2D eigenvalue weighted by Crippen LogP contribution is 2.06. The number of carbonyl (C=O) groups is 1. The number of hydrogen-bond donors (Lipinski definition) is 3. The van der Waals surface area contributed by atoms with Crippen LogP contribution in [-0.4, -0.2) is 21.1 Å². The Bertz CT molecular complexity index is 82.7. The van der Waals surface area contributed by atoms with E-state index in [-0.39, 0.29) is 0 Å². The second-order valence-electron chi connectivity index (χ2n) is 1.33. The van der Waals surface area contributed by atoms with Crippen molar-refractivity contribution < 1.29 is 15.0 Å². The minimum atomic E-state index is -1.89. The molecule has 0 rings (SSSR count). The lowest BCUT2D eigenvalue weighted by Crippen LogP contribution is -2.27. The second-order valence-corrected chi connectivity index (χ2v) is 2.20. The molecule has 1 atom stereocenters. The van der Waals surface area contributed by atoms with E-state index in [0.717, 1.165) is 6.92 Å². The van der Waals surface area contributed by atoms with Gasteiger partial charge >= 0.3 is 5.97 Å². The molecule has 42 valence electrons. The van der Waals surface area contributed by atoms with Crippen LogP contribution in [0.4, 0.5) is 0 Å². The van der Waals surface area contributed by atoms with Crippen molar-refractivity contribution in [3.63, 3.8) is 0 Å². The predicted octanol–water partition coefficient (Wildman–Crippen LogP) is -0.291. The van der Waals surface area contributed by atoms with Gasteiger partial charge in [-0.15, -0.1) is 12.6 Å². The third-order valence-electron chi connectivity index (χ3n) is 0.405. The average Bonchev–Trinajstić information content (AvgIpc) is 1.31. The van der Waals surface area contributed by atoms with Gasteiger partial charge in [-0.05, 0) is 6.92 Å². The standard InChI is InChI=1S/C3H6O3S/c1-3(6,7)2(4)5/h6-7H,1H3,(H,4,5)/t3-/m0/s1. The van der Waals surface area contributed by atoms with Crippen LogP contribution >= 0.6 is 12.6 Å². The highest BCUT2D eigenvalue weighted by atomic mass is 32.1. The molecule has 7 heavy (non-hydrogen) atoms. The molecule has 0 aromatic heterocycles. The van der Waals surface area contributed by atoms with E-state index in [9.17, 15) is 4.79 Å². The SMILES string of the molecule is C[C@](O)(S)C(=O)O. The Kier molecular flexibility index (Phi) is 1.66.